The molecule has 1 aliphatic rings. The lowest BCUT2D eigenvalue weighted by atomic mass is 10.1. The minimum absolute atomic E-state index is 0.165. The Balaban J connectivity index is 2.28. The van der Waals surface area contributed by atoms with Crippen LogP contribution in [0.3, 0.4) is 0 Å². The van der Waals surface area contributed by atoms with E-state index in [2.05, 4.69) is 5.32 Å². The first-order valence-electron chi connectivity index (χ1n) is 5.50. The van der Waals surface area contributed by atoms with E-state index in [9.17, 15) is 9.59 Å². The van der Waals surface area contributed by atoms with Crippen molar-refractivity contribution in [3.8, 4) is 0 Å². The fraction of sp³-hybridized carbons (Fsp3) is 0.800. The Labute approximate surface area is 94.8 Å². The number of aliphatic carboxylic acids is 1. The molecule has 1 saturated heterocycles. The standard InChI is InChI=1S/C10H19N3O3/c1-7(9(14)15)5-12-10(16)13-3-2-8(4-11)6-13/h7-8H,2-6,11H2,1H3,(H,12,16)(H,14,15). The van der Waals surface area contributed by atoms with E-state index in [0.29, 0.717) is 25.6 Å². The molecule has 16 heavy (non-hydrogen) atoms. The summed E-state index contributed by atoms with van der Waals surface area (Å²) in [7, 11) is 0. The van der Waals surface area contributed by atoms with Crippen molar-refractivity contribution >= 4 is 12.0 Å². The molecule has 0 aromatic heterocycles. The molecule has 0 aromatic carbocycles. The van der Waals surface area contributed by atoms with Crippen LogP contribution >= 0.6 is 0 Å². The van der Waals surface area contributed by atoms with Gasteiger partial charge in [-0.1, -0.05) is 6.92 Å². The monoisotopic (exact) mass is 229 g/mol. The third-order valence-corrected chi connectivity index (χ3v) is 2.89. The smallest absolute Gasteiger partial charge is 0.317 e. The molecule has 2 atom stereocenters. The molecule has 0 radical (unpaired) electrons. The Hall–Kier alpha value is -1.30. The summed E-state index contributed by atoms with van der Waals surface area (Å²) in [4.78, 5) is 23.9. The molecule has 0 aromatic rings. The highest BCUT2D eigenvalue weighted by atomic mass is 16.4. The van der Waals surface area contributed by atoms with Crippen LogP contribution in [0.5, 0.6) is 0 Å². The van der Waals surface area contributed by atoms with Gasteiger partial charge in [0, 0.05) is 19.6 Å². The normalized spacial score (nSPS) is 21.9. The molecule has 2 amide bonds. The number of carbonyl (C=O) groups is 2. The number of hydrogen-bond donors (Lipinski definition) is 3. The van der Waals surface area contributed by atoms with Crippen molar-refractivity contribution in [1.29, 1.82) is 0 Å². The molecule has 0 bridgehead atoms. The van der Waals surface area contributed by atoms with E-state index < -0.39 is 11.9 Å². The average molecular weight is 229 g/mol. The first-order valence-corrected chi connectivity index (χ1v) is 5.50. The first kappa shape index (κ1) is 12.8. The van der Waals surface area contributed by atoms with Gasteiger partial charge in [0.05, 0.1) is 5.92 Å². The van der Waals surface area contributed by atoms with Crippen LogP contribution in [0.2, 0.25) is 0 Å². The Bertz CT molecular complexity index is 270. The summed E-state index contributed by atoms with van der Waals surface area (Å²) in [5, 5.41) is 11.3. The Morgan fingerprint density at radius 2 is 2.31 bits per heavy atom. The van der Waals surface area contributed by atoms with E-state index in [1.807, 2.05) is 0 Å². The zero-order valence-electron chi connectivity index (χ0n) is 9.48. The van der Waals surface area contributed by atoms with Crippen LogP contribution in [0.25, 0.3) is 0 Å². The van der Waals surface area contributed by atoms with Crippen molar-refractivity contribution < 1.29 is 14.7 Å². The number of urea groups is 1. The fourth-order valence-corrected chi connectivity index (χ4v) is 1.65. The van der Waals surface area contributed by atoms with Gasteiger partial charge < -0.3 is 21.1 Å². The highest BCUT2D eigenvalue weighted by Gasteiger charge is 2.25. The van der Waals surface area contributed by atoms with Crippen molar-refractivity contribution in [3.05, 3.63) is 0 Å². The fourth-order valence-electron chi connectivity index (χ4n) is 1.65. The minimum Gasteiger partial charge on any atom is -0.481 e. The van der Waals surface area contributed by atoms with Gasteiger partial charge in [-0.25, -0.2) is 4.79 Å². The lowest BCUT2D eigenvalue weighted by Crippen LogP contribution is -2.41. The second-order valence-corrected chi connectivity index (χ2v) is 4.26. The van der Waals surface area contributed by atoms with E-state index in [1.165, 1.54) is 0 Å². The van der Waals surface area contributed by atoms with Crippen LogP contribution in [0.4, 0.5) is 4.79 Å². The SMILES string of the molecule is CC(CNC(=O)N1CCC(CN)C1)C(=O)O. The summed E-state index contributed by atoms with van der Waals surface area (Å²) in [5.41, 5.74) is 5.52. The quantitative estimate of drug-likeness (QED) is 0.616. The van der Waals surface area contributed by atoms with E-state index in [1.54, 1.807) is 11.8 Å². The van der Waals surface area contributed by atoms with Gasteiger partial charge in [-0.15, -0.1) is 0 Å². The van der Waals surface area contributed by atoms with Crippen LogP contribution in [0.1, 0.15) is 13.3 Å². The van der Waals surface area contributed by atoms with E-state index >= 15 is 0 Å². The number of amides is 2. The largest absolute Gasteiger partial charge is 0.481 e. The van der Waals surface area contributed by atoms with Crippen molar-refractivity contribution in [2.75, 3.05) is 26.2 Å². The van der Waals surface area contributed by atoms with E-state index in [0.717, 1.165) is 6.42 Å². The van der Waals surface area contributed by atoms with Crippen molar-refractivity contribution in [3.63, 3.8) is 0 Å². The maximum absolute atomic E-state index is 11.6. The molecule has 1 aliphatic heterocycles. The van der Waals surface area contributed by atoms with Crippen molar-refractivity contribution in [1.82, 2.24) is 10.2 Å². The highest BCUT2D eigenvalue weighted by Crippen LogP contribution is 2.14. The lowest BCUT2D eigenvalue weighted by Gasteiger charge is -2.18. The van der Waals surface area contributed by atoms with Gasteiger partial charge in [-0.05, 0) is 18.9 Å². The molecular weight excluding hydrogens is 210 g/mol. The van der Waals surface area contributed by atoms with Gasteiger partial charge >= 0.3 is 12.0 Å². The molecule has 6 nitrogen and oxygen atoms in total. The summed E-state index contributed by atoms with van der Waals surface area (Å²) in [6.45, 7) is 3.70. The van der Waals surface area contributed by atoms with Gasteiger partial charge in [0.15, 0.2) is 0 Å². The molecule has 1 rings (SSSR count). The molecule has 0 aliphatic carbocycles. The summed E-state index contributed by atoms with van der Waals surface area (Å²) in [6, 6.07) is -0.191. The molecular formula is C10H19N3O3. The molecule has 2 unspecified atom stereocenters. The van der Waals surface area contributed by atoms with Gasteiger partial charge in [0.1, 0.15) is 0 Å². The van der Waals surface area contributed by atoms with Crippen LogP contribution < -0.4 is 11.1 Å². The minimum atomic E-state index is -0.901. The number of nitrogens with two attached hydrogens (primary N) is 1. The van der Waals surface area contributed by atoms with Crippen molar-refractivity contribution in [2.45, 2.75) is 13.3 Å². The number of nitrogens with zero attached hydrogens (tertiary/aromatic N) is 1. The molecule has 1 fully saturated rings. The molecule has 1 heterocycles. The Kier molecular flexibility index (Phi) is 4.54. The third-order valence-electron chi connectivity index (χ3n) is 2.89. The van der Waals surface area contributed by atoms with Gasteiger partial charge in [-0.2, -0.15) is 0 Å². The predicted octanol–water partition coefficient (Wildman–Crippen LogP) is -0.303. The molecule has 92 valence electrons. The first-order chi connectivity index (χ1) is 7.54. The van der Waals surface area contributed by atoms with Gasteiger partial charge in [0.2, 0.25) is 0 Å². The number of rotatable bonds is 4. The number of carboxylic acids is 1. The molecule has 4 N–H and O–H groups in total. The van der Waals surface area contributed by atoms with E-state index in [-0.39, 0.29) is 12.6 Å². The van der Waals surface area contributed by atoms with Crippen LogP contribution in [-0.4, -0.2) is 48.2 Å². The maximum atomic E-state index is 11.6. The van der Waals surface area contributed by atoms with Gasteiger partial charge in [-0.3, -0.25) is 4.79 Å². The summed E-state index contributed by atoms with van der Waals surface area (Å²) < 4.78 is 0. The van der Waals surface area contributed by atoms with Crippen LogP contribution in [0.15, 0.2) is 0 Å². The summed E-state index contributed by atoms with van der Waals surface area (Å²) in [6.07, 6.45) is 0.929. The second-order valence-electron chi connectivity index (χ2n) is 4.26. The topological polar surface area (TPSA) is 95.7 Å². The maximum Gasteiger partial charge on any atom is 0.317 e. The number of nitrogens with one attached hydrogen (secondary N) is 1. The lowest BCUT2D eigenvalue weighted by molar-refractivity contribution is -0.140. The van der Waals surface area contributed by atoms with Gasteiger partial charge in [0.25, 0.3) is 0 Å². The summed E-state index contributed by atoms with van der Waals surface area (Å²) in [5.74, 6) is -1.08. The number of carbonyl (C=O) groups excluding carboxylic acids is 1. The molecule has 6 heteroatoms. The Morgan fingerprint density at radius 1 is 1.62 bits per heavy atom. The second kappa shape index (κ2) is 5.69. The zero-order chi connectivity index (χ0) is 12.1. The zero-order valence-corrected chi connectivity index (χ0v) is 9.48. The number of likely N-dealkylation sites (tertiary alicyclic amines) is 1. The number of carboxylic acid groups (broad SMARTS) is 1. The molecule has 0 spiro atoms. The number of hydrogen-bond acceptors (Lipinski definition) is 3. The average Bonchev–Trinajstić information content (AvgIpc) is 2.73. The van der Waals surface area contributed by atoms with Crippen LogP contribution in [0, 0.1) is 11.8 Å². The van der Waals surface area contributed by atoms with E-state index in [4.69, 9.17) is 10.8 Å². The van der Waals surface area contributed by atoms with Crippen molar-refractivity contribution in [2.24, 2.45) is 17.6 Å². The Morgan fingerprint density at radius 3 is 2.81 bits per heavy atom. The van der Waals surface area contributed by atoms with Crippen LogP contribution in [-0.2, 0) is 4.79 Å². The third kappa shape index (κ3) is 3.37. The predicted molar refractivity (Wildman–Crippen MR) is 58.9 cm³/mol. The highest BCUT2D eigenvalue weighted by molar-refractivity contribution is 5.76. The molecule has 0 saturated carbocycles. The summed E-state index contributed by atoms with van der Waals surface area (Å²) >= 11 is 0.